The van der Waals surface area contributed by atoms with Crippen LogP contribution in [0.3, 0.4) is 0 Å². The number of thiocarbonyl (C=S) groups is 1. The SMILES string of the molecule is Cc1ccc(CNC(=S)N(Cc2ccc(C)cc2)c2n[n+]3c(-c4ccccc4)csc3s2)cc1. The molecule has 7 heteroatoms. The van der Waals surface area contributed by atoms with Crippen LogP contribution < -0.4 is 14.7 Å². The number of anilines is 1. The second kappa shape index (κ2) is 10.0. The maximum Gasteiger partial charge on any atom is 0.354 e. The first kappa shape index (κ1) is 22.7. The number of rotatable bonds is 6. The molecule has 0 atom stereocenters. The van der Waals surface area contributed by atoms with E-state index in [4.69, 9.17) is 17.3 Å². The minimum atomic E-state index is 0.655. The molecule has 5 aromatic rings. The predicted octanol–water partition coefficient (Wildman–Crippen LogP) is 6.31. The number of aryl methyl sites for hydroxylation is 2. The monoisotopic (exact) mass is 501 g/mol. The van der Waals surface area contributed by atoms with Gasteiger partial charge < -0.3 is 5.32 Å². The van der Waals surface area contributed by atoms with E-state index in [1.165, 1.54) is 22.3 Å². The minimum absolute atomic E-state index is 0.655. The van der Waals surface area contributed by atoms with Gasteiger partial charge in [0.05, 0.1) is 17.5 Å². The van der Waals surface area contributed by atoms with Gasteiger partial charge >= 0.3 is 4.14 Å². The third kappa shape index (κ3) is 5.01. The Morgan fingerprint density at radius 1 is 0.912 bits per heavy atom. The zero-order valence-electron chi connectivity index (χ0n) is 19.1. The van der Waals surface area contributed by atoms with Crippen LogP contribution in [0.5, 0.6) is 0 Å². The highest BCUT2D eigenvalue weighted by atomic mass is 32.2. The van der Waals surface area contributed by atoms with E-state index in [1.54, 1.807) is 22.7 Å². The predicted molar refractivity (Wildman–Crippen MR) is 147 cm³/mol. The third-order valence-electron chi connectivity index (χ3n) is 5.61. The van der Waals surface area contributed by atoms with Crippen LogP contribution >= 0.6 is 34.9 Å². The molecule has 0 radical (unpaired) electrons. The van der Waals surface area contributed by atoms with Crippen LogP contribution in [-0.4, -0.2) is 10.2 Å². The van der Waals surface area contributed by atoms with E-state index in [0.29, 0.717) is 18.2 Å². The van der Waals surface area contributed by atoms with E-state index in [1.807, 2.05) is 10.6 Å². The van der Waals surface area contributed by atoms with Crippen LogP contribution in [0.15, 0.2) is 84.2 Å². The molecule has 2 aromatic heterocycles. The maximum atomic E-state index is 5.89. The summed E-state index contributed by atoms with van der Waals surface area (Å²) in [6.07, 6.45) is 0. The molecule has 34 heavy (non-hydrogen) atoms. The van der Waals surface area contributed by atoms with Crippen molar-refractivity contribution in [2.24, 2.45) is 0 Å². The second-order valence-electron chi connectivity index (χ2n) is 8.27. The molecule has 0 aliphatic heterocycles. The third-order valence-corrected chi connectivity index (χ3v) is 8.06. The Kier molecular flexibility index (Phi) is 6.67. The first-order valence-electron chi connectivity index (χ1n) is 11.1. The highest BCUT2D eigenvalue weighted by Gasteiger charge is 2.26. The summed E-state index contributed by atoms with van der Waals surface area (Å²) in [4.78, 5) is 2.10. The Hall–Kier alpha value is -3.13. The fourth-order valence-corrected chi connectivity index (χ4v) is 5.94. The van der Waals surface area contributed by atoms with Gasteiger partial charge in [0.25, 0.3) is 10.8 Å². The Labute approximate surface area is 213 Å². The molecule has 4 nitrogen and oxygen atoms in total. The molecule has 0 aliphatic rings. The molecule has 5 rings (SSSR count). The van der Waals surface area contributed by atoms with Crippen molar-refractivity contribution in [2.75, 3.05) is 4.90 Å². The second-order valence-corrected chi connectivity index (χ2v) is 10.7. The molecule has 0 saturated carbocycles. The molecule has 0 spiro atoms. The molecule has 0 aliphatic carbocycles. The van der Waals surface area contributed by atoms with Crippen molar-refractivity contribution < 1.29 is 4.52 Å². The van der Waals surface area contributed by atoms with Crippen molar-refractivity contribution in [2.45, 2.75) is 26.9 Å². The highest BCUT2D eigenvalue weighted by Crippen LogP contribution is 2.29. The van der Waals surface area contributed by atoms with Gasteiger partial charge in [-0.1, -0.05) is 89.2 Å². The number of benzene rings is 3. The van der Waals surface area contributed by atoms with Gasteiger partial charge in [-0.2, -0.15) is 0 Å². The van der Waals surface area contributed by atoms with Gasteiger partial charge in [0, 0.05) is 11.6 Å². The normalized spacial score (nSPS) is 11.0. The molecule has 2 heterocycles. The van der Waals surface area contributed by atoms with Crippen molar-refractivity contribution >= 4 is 49.3 Å². The summed E-state index contributed by atoms with van der Waals surface area (Å²) in [5.74, 6) is 0. The van der Waals surface area contributed by atoms with Crippen molar-refractivity contribution in [3.63, 3.8) is 0 Å². The smallest absolute Gasteiger partial charge is 0.354 e. The molecule has 3 aromatic carbocycles. The molecule has 0 fully saturated rings. The van der Waals surface area contributed by atoms with Crippen LogP contribution in [0.25, 0.3) is 15.4 Å². The van der Waals surface area contributed by atoms with Crippen LogP contribution in [0, 0.1) is 13.8 Å². The van der Waals surface area contributed by atoms with Crippen molar-refractivity contribution in [3.8, 4) is 11.3 Å². The van der Waals surface area contributed by atoms with Gasteiger partial charge in [-0.3, -0.25) is 4.90 Å². The number of fused-ring (bicyclic) bond motifs is 1. The Morgan fingerprint density at radius 3 is 2.24 bits per heavy atom. The van der Waals surface area contributed by atoms with Gasteiger partial charge in [0.15, 0.2) is 5.11 Å². The molecule has 1 N–H and O–H groups in total. The van der Waals surface area contributed by atoms with Gasteiger partial charge in [0.2, 0.25) is 0 Å². The molecular formula is C27H25N4S3+. The summed E-state index contributed by atoms with van der Waals surface area (Å²) in [5.41, 5.74) is 7.13. The van der Waals surface area contributed by atoms with E-state index >= 15 is 0 Å². The number of nitrogens with one attached hydrogen (secondary N) is 1. The molecule has 0 amide bonds. The highest BCUT2D eigenvalue weighted by molar-refractivity contribution is 7.80. The van der Waals surface area contributed by atoms with Crippen LogP contribution in [-0.2, 0) is 13.1 Å². The van der Waals surface area contributed by atoms with E-state index < -0.39 is 0 Å². The van der Waals surface area contributed by atoms with E-state index in [9.17, 15) is 0 Å². The summed E-state index contributed by atoms with van der Waals surface area (Å²) in [6, 6.07) is 27.5. The Balaban J connectivity index is 1.45. The van der Waals surface area contributed by atoms with Gasteiger partial charge in [0.1, 0.15) is 0 Å². The van der Waals surface area contributed by atoms with Gasteiger partial charge in [-0.25, -0.2) is 0 Å². The van der Waals surface area contributed by atoms with Crippen molar-refractivity contribution in [3.05, 3.63) is 106 Å². The lowest BCUT2D eigenvalue weighted by Crippen LogP contribution is -2.40. The van der Waals surface area contributed by atoms with Gasteiger partial charge in [-0.15, -0.1) is 0 Å². The largest absolute Gasteiger partial charge is 0.358 e. The summed E-state index contributed by atoms with van der Waals surface area (Å²) in [5, 5.41) is 12.2. The topological polar surface area (TPSA) is 32.3 Å². The first-order valence-corrected chi connectivity index (χ1v) is 13.2. The maximum absolute atomic E-state index is 5.89. The number of nitrogens with zero attached hydrogens (tertiary/aromatic N) is 3. The number of hydrogen-bond donors (Lipinski definition) is 1. The first-order chi connectivity index (χ1) is 16.6. The van der Waals surface area contributed by atoms with Crippen molar-refractivity contribution in [1.82, 2.24) is 10.4 Å². The minimum Gasteiger partial charge on any atom is -0.358 e. The zero-order valence-corrected chi connectivity index (χ0v) is 21.5. The van der Waals surface area contributed by atoms with E-state index in [-0.39, 0.29) is 0 Å². The van der Waals surface area contributed by atoms with Gasteiger partial charge in [-0.05, 0) is 65.2 Å². The lowest BCUT2D eigenvalue weighted by molar-refractivity contribution is -0.559. The van der Waals surface area contributed by atoms with Crippen molar-refractivity contribution in [1.29, 1.82) is 0 Å². The van der Waals surface area contributed by atoms with Crippen LogP contribution in [0.1, 0.15) is 22.3 Å². The lowest BCUT2D eigenvalue weighted by atomic mass is 10.1. The Bertz CT molecular complexity index is 1400. The number of aromatic nitrogens is 2. The summed E-state index contributed by atoms with van der Waals surface area (Å²) >= 11 is 9.26. The summed E-state index contributed by atoms with van der Waals surface area (Å²) in [7, 11) is 0. The standard InChI is InChI=1S/C27H24N4S3/c1-19-8-12-21(13-9-19)16-28-25(32)30(17-22-14-10-20(2)11-15-22)26-29-31-24(18-33-27(31)34-26)23-6-4-3-5-7-23/h3-15,18H,16-17H2,1-2H3/p+1. The molecule has 0 saturated heterocycles. The Morgan fingerprint density at radius 2 is 1.56 bits per heavy atom. The average molecular weight is 502 g/mol. The lowest BCUT2D eigenvalue weighted by Gasteiger charge is -2.22. The quantitative estimate of drug-likeness (QED) is 0.218. The van der Waals surface area contributed by atoms with E-state index in [0.717, 1.165) is 20.5 Å². The fourth-order valence-electron chi connectivity index (χ4n) is 3.64. The van der Waals surface area contributed by atoms with E-state index in [2.05, 4.69) is 102 Å². The number of thiazole rings is 1. The fraction of sp³-hybridized carbons (Fsp3) is 0.148. The summed E-state index contributed by atoms with van der Waals surface area (Å²) < 4.78 is 3.16. The zero-order chi connectivity index (χ0) is 23.5. The molecule has 0 unspecified atom stereocenters. The molecule has 0 bridgehead atoms. The summed E-state index contributed by atoms with van der Waals surface area (Å²) in [6.45, 7) is 5.53. The van der Waals surface area contributed by atoms with Crippen LogP contribution in [0.4, 0.5) is 5.13 Å². The number of hydrogen-bond acceptors (Lipinski definition) is 4. The molecule has 170 valence electrons. The molecular weight excluding hydrogens is 477 g/mol. The average Bonchev–Trinajstić information content (AvgIpc) is 3.45. The van der Waals surface area contributed by atoms with Crippen LogP contribution in [0.2, 0.25) is 0 Å².